The number of hydrogen-bond acceptors (Lipinski definition) is 3. The predicted octanol–water partition coefficient (Wildman–Crippen LogP) is 6.50. The van der Waals surface area contributed by atoms with Crippen molar-refractivity contribution in [2.75, 3.05) is 21.3 Å². The van der Waals surface area contributed by atoms with Crippen LogP contribution in [0.5, 0.6) is 17.2 Å². The van der Waals surface area contributed by atoms with Gasteiger partial charge in [-0.15, -0.1) is 0 Å². The summed E-state index contributed by atoms with van der Waals surface area (Å²) in [5.74, 6) is 2.33. The average Bonchev–Trinajstić information content (AvgIpc) is 2.77. The highest BCUT2D eigenvalue weighted by molar-refractivity contribution is 5.79. The zero-order valence-corrected chi connectivity index (χ0v) is 17.4. The standard InChI is InChI=1S/C26H26O3/c1-6-23-25(28-4)16-19(17-26(23)29-5)10-11-20-8-7-9-24(18(20)2)21-12-14-22(27-3)15-13-21/h6-17H,1H2,2-5H3/b11-10+. The van der Waals surface area contributed by atoms with Gasteiger partial charge in [-0.05, 0) is 59.0 Å². The van der Waals surface area contributed by atoms with E-state index in [0.29, 0.717) is 0 Å². The van der Waals surface area contributed by atoms with Gasteiger partial charge in [-0.2, -0.15) is 0 Å². The van der Waals surface area contributed by atoms with Crippen LogP contribution >= 0.6 is 0 Å². The fourth-order valence-corrected chi connectivity index (χ4v) is 3.36. The molecule has 0 radical (unpaired) electrons. The molecular weight excluding hydrogens is 360 g/mol. The predicted molar refractivity (Wildman–Crippen MR) is 122 cm³/mol. The van der Waals surface area contributed by atoms with Gasteiger partial charge < -0.3 is 14.2 Å². The van der Waals surface area contributed by atoms with E-state index in [-0.39, 0.29) is 0 Å². The average molecular weight is 386 g/mol. The molecule has 3 nitrogen and oxygen atoms in total. The van der Waals surface area contributed by atoms with E-state index in [1.54, 1.807) is 27.4 Å². The summed E-state index contributed by atoms with van der Waals surface area (Å²) < 4.78 is 16.3. The summed E-state index contributed by atoms with van der Waals surface area (Å²) in [7, 11) is 4.98. The Morgan fingerprint density at radius 3 is 2.00 bits per heavy atom. The molecular formula is C26H26O3. The molecule has 29 heavy (non-hydrogen) atoms. The van der Waals surface area contributed by atoms with Gasteiger partial charge in [0, 0.05) is 0 Å². The zero-order valence-electron chi connectivity index (χ0n) is 17.4. The second kappa shape index (κ2) is 9.16. The van der Waals surface area contributed by atoms with Crippen LogP contribution in [0.15, 0.2) is 61.2 Å². The summed E-state index contributed by atoms with van der Waals surface area (Å²) in [5.41, 5.74) is 6.59. The second-order valence-corrected chi connectivity index (χ2v) is 6.62. The van der Waals surface area contributed by atoms with Crippen molar-refractivity contribution in [2.24, 2.45) is 0 Å². The maximum Gasteiger partial charge on any atom is 0.130 e. The number of rotatable bonds is 7. The Morgan fingerprint density at radius 2 is 1.45 bits per heavy atom. The molecule has 0 saturated carbocycles. The van der Waals surface area contributed by atoms with Gasteiger partial charge in [0.05, 0.1) is 26.9 Å². The number of ether oxygens (including phenoxy) is 3. The van der Waals surface area contributed by atoms with Crippen molar-refractivity contribution in [1.82, 2.24) is 0 Å². The number of hydrogen-bond donors (Lipinski definition) is 0. The van der Waals surface area contributed by atoms with E-state index in [0.717, 1.165) is 39.5 Å². The summed E-state index contributed by atoms with van der Waals surface area (Å²) in [5, 5.41) is 0. The van der Waals surface area contributed by atoms with Gasteiger partial charge in [-0.3, -0.25) is 0 Å². The monoisotopic (exact) mass is 386 g/mol. The quantitative estimate of drug-likeness (QED) is 0.434. The minimum absolute atomic E-state index is 0.739. The summed E-state index contributed by atoms with van der Waals surface area (Å²) in [6.07, 6.45) is 5.93. The highest BCUT2D eigenvalue weighted by Gasteiger charge is 2.09. The van der Waals surface area contributed by atoms with Crippen LogP contribution in [-0.4, -0.2) is 21.3 Å². The van der Waals surface area contributed by atoms with Crippen molar-refractivity contribution in [3.63, 3.8) is 0 Å². The fourth-order valence-electron chi connectivity index (χ4n) is 3.36. The Labute approximate surface area is 172 Å². The third-order valence-electron chi connectivity index (χ3n) is 5.00. The topological polar surface area (TPSA) is 27.7 Å². The van der Waals surface area contributed by atoms with Crippen molar-refractivity contribution in [3.05, 3.63) is 83.4 Å². The van der Waals surface area contributed by atoms with Crippen LogP contribution in [0.4, 0.5) is 0 Å². The van der Waals surface area contributed by atoms with E-state index in [4.69, 9.17) is 14.2 Å². The Kier molecular flexibility index (Phi) is 6.40. The molecule has 0 bridgehead atoms. The molecule has 0 saturated heterocycles. The zero-order chi connectivity index (χ0) is 20.8. The van der Waals surface area contributed by atoms with Gasteiger partial charge in [0.15, 0.2) is 0 Å². The van der Waals surface area contributed by atoms with E-state index in [1.807, 2.05) is 24.3 Å². The summed E-state index contributed by atoms with van der Waals surface area (Å²) >= 11 is 0. The fraction of sp³-hybridized carbons (Fsp3) is 0.154. The molecule has 0 unspecified atom stereocenters. The molecule has 0 fully saturated rings. The first kappa shape index (κ1) is 20.3. The smallest absolute Gasteiger partial charge is 0.130 e. The third kappa shape index (κ3) is 4.35. The van der Waals surface area contributed by atoms with E-state index >= 15 is 0 Å². The summed E-state index contributed by atoms with van der Waals surface area (Å²) in [6, 6.07) is 18.4. The first-order chi connectivity index (χ1) is 14.1. The normalized spacial score (nSPS) is 10.8. The van der Waals surface area contributed by atoms with Gasteiger partial charge in [0.1, 0.15) is 17.2 Å². The lowest BCUT2D eigenvalue weighted by molar-refractivity contribution is 0.392. The van der Waals surface area contributed by atoms with Crippen LogP contribution in [0.2, 0.25) is 0 Å². The molecule has 0 spiro atoms. The van der Waals surface area contributed by atoms with Gasteiger partial charge >= 0.3 is 0 Å². The molecule has 0 aliphatic heterocycles. The SMILES string of the molecule is C=Cc1c(OC)cc(/C=C/c2cccc(-c3ccc(OC)cc3)c2C)cc1OC. The highest BCUT2D eigenvalue weighted by Crippen LogP contribution is 2.33. The lowest BCUT2D eigenvalue weighted by Gasteiger charge is -2.12. The molecule has 0 N–H and O–H groups in total. The minimum atomic E-state index is 0.739. The lowest BCUT2D eigenvalue weighted by Crippen LogP contribution is -1.93. The first-order valence-electron chi connectivity index (χ1n) is 9.41. The van der Waals surface area contributed by atoms with E-state index in [1.165, 1.54) is 11.1 Å². The van der Waals surface area contributed by atoms with Crippen molar-refractivity contribution < 1.29 is 14.2 Å². The molecule has 0 atom stereocenters. The van der Waals surface area contributed by atoms with Gasteiger partial charge in [-0.25, -0.2) is 0 Å². The third-order valence-corrected chi connectivity index (χ3v) is 5.00. The van der Waals surface area contributed by atoms with Crippen LogP contribution in [0.25, 0.3) is 29.4 Å². The summed E-state index contributed by atoms with van der Waals surface area (Å²) in [6.45, 7) is 5.99. The van der Waals surface area contributed by atoms with E-state index in [9.17, 15) is 0 Å². The largest absolute Gasteiger partial charge is 0.497 e. The molecule has 0 amide bonds. The molecule has 3 rings (SSSR count). The molecule has 0 aliphatic rings. The Balaban J connectivity index is 1.96. The van der Waals surface area contributed by atoms with E-state index in [2.05, 4.69) is 56.0 Å². The lowest BCUT2D eigenvalue weighted by atomic mass is 9.96. The summed E-state index contributed by atoms with van der Waals surface area (Å²) in [4.78, 5) is 0. The van der Waals surface area contributed by atoms with E-state index < -0.39 is 0 Å². The Bertz CT molecular complexity index is 1010. The van der Waals surface area contributed by atoms with Crippen molar-refractivity contribution in [3.8, 4) is 28.4 Å². The van der Waals surface area contributed by atoms with Gasteiger partial charge in [0.25, 0.3) is 0 Å². The first-order valence-corrected chi connectivity index (χ1v) is 9.41. The molecule has 3 aromatic carbocycles. The molecule has 3 aromatic rings. The maximum absolute atomic E-state index is 5.50. The van der Waals surface area contributed by atoms with Gasteiger partial charge in [0.2, 0.25) is 0 Å². The molecule has 0 aromatic heterocycles. The number of benzene rings is 3. The van der Waals surface area contributed by atoms with Crippen LogP contribution in [0.1, 0.15) is 22.3 Å². The molecule has 0 aliphatic carbocycles. The molecule has 3 heteroatoms. The van der Waals surface area contributed by atoms with Crippen LogP contribution in [0, 0.1) is 6.92 Å². The Morgan fingerprint density at radius 1 is 0.793 bits per heavy atom. The molecule has 0 heterocycles. The highest BCUT2D eigenvalue weighted by atomic mass is 16.5. The minimum Gasteiger partial charge on any atom is -0.497 e. The van der Waals surface area contributed by atoms with Gasteiger partial charge in [-0.1, -0.05) is 55.1 Å². The Hall–Kier alpha value is -3.46. The van der Waals surface area contributed by atoms with Crippen LogP contribution in [-0.2, 0) is 0 Å². The van der Waals surface area contributed by atoms with Crippen LogP contribution in [0.3, 0.4) is 0 Å². The van der Waals surface area contributed by atoms with Crippen LogP contribution < -0.4 is 14.2 Å². The van der Waals surface area contributed by atoms with Crippen molar-refractivity contribution in [1.29, 1.82) is 0 Å². The number of methoxy groups -OCH3 is 3. The van der Waals surface area contributed by atoms with Crippen molar-refractivity contribution >= 4 is 18.2 Å². The molecule has 148 valence electrons. The second-order valence-electron chi connectivity index (χ2n) is 6.62. The van der Waals surface area contributed by atoms with Crippen molar-refractivity contribution in [2.45, 2.75) is 6.92 Å². The maximum atomic E-state index is 5.50.